The average molecular weight is 408 g/mol. The van der Waals surface area contributed by atoms with E-state index in [1.807, 2.05) is 12.1 Å². The molecule has 1 N–H and O–H groups in total. The van der Waals surface area contributed by atoms with Crippen LogP contribution in [0.4, 0.5) is 4.39 Å². The van der Waals surface area contributed by atoms with Gasteiger partial charge in [-0.25, -0.2) is 4.39 Å². The summed E-state index contributed by atoms with van der Waals surface area (Å²) in [5, 5.41) is 2.90. The van der Waals surface area contributed by atoms with Crippen LogP contribution in [0.3, 0.4) is 0 Å². The summed E-state index contributed by atoms with van der Waals surface area (Å²) in [7, 11) is 0. The quantitative estimate of drug-likeness (QED) is 0.666. The summed E-state index contributed by atoms with van der Waals surface area (Å²) in [5.41, 5.74) is 0.900. The van der Waals surface area contributed by atoms with E-state index in [1.54, 1.807) is 41.3 Å². The third kappa shape index (κ3) is 4.51. The van der Waals surface area contributed by atoms with Crippen LogP contribution in [0.5, 0.6) is 11.5 Å². The second kappa shape index (κ2) is 8.82. The number of nitrogens with zero attached hydrogens (tertiary/aromatic N) is 1. The monoisotopic (exact) mass is 408 g/mol. The number of ether oxygens (including phenoxy) is 1. The van der Waals surface area contributed by atoms with Crippen molar-refractivity contribution in [3.8, 4) is 11.5 Å². The van der Waals surface area contributed by atoms with Crippen molar-refractivity contribution in [2.24, 2.45) is 0 Å². The molecule has 1 fully saturated rings. The van der Waals surface area contributed by atoms with Gasteiger partial charge in [-0.3, -0.25) is 9.59 Å². The highest BCUT2D eigenvalue weighted by Crippen LogP contribution is 2.23. The smallest absolute Gasteiger partial charge is 0.290 e. The fourth-order valence-corrected chi connectivity index (χ4v) is 3.45. The van der Waals surface area contributed by atoms with Gasteiger partial charge in [0.2, 0.25) is 5.91 Å². The zero-order chi connectivity index (χ0) is 20.9. The van der Waals surface area contributed by atoms with Crippen molar-refractivity contribution >= 4 is 11.8 Å². The Hall–Kier alpha value is -3.61. The van der Waals surface area contributed by atoms with Crippen LogP contribution in [0.2, 0.25) is 0 Å². The van der Waals surface area contributed by atoms with Gasteiger partial charge in [-0.1, -0.05) is 12.1 Å². The predicted molar refractivity (Wildman–Crippen MR) is 108 cm³/mol. The first kappa shape index (κ1) is 19.7. The Labute approximate surface area is 173 Å². The highest BCUT2D eigenvalue weighted by atomic mass is 19.1. The van der Waals surface area contributed by atoms with Crippen molar-refractivity contribution in [3.05, 3.63) is 84.1 Å². The molecule has 1 aliphatic rings. The standard InChI is InChI=1S/C23H21FN2O4/c24-17-7-11-19(12-8-17)30-18-9-5-16(6-10-18)15-25-22(27)20-3-1-13-26(20)23(28)21-4-2-14-29-21/h2,4-12,14,20H,1,3,13,15H2,(H,25,27). The van der Waals surface area contributed by atoms with Crippen molar-refractivity contribution in [2.75, 3.05) is 6.54 Å². The molecular weight excluding hydrogens is 387 g/mol. The summed E-state index contributed by atoms with van der Waals surface area (Å²) in [6.45, 7) is 0.877. The van der Waals surface area contributed by atoms with Crippen LogP contribution in [0.1, 0.15) is 29.0 Å². The summed E-state index contributed by atoms with van der Waals surface area (Å²) in [6, 6.07) is 15.8. The number of likely N-dealkylation sites (tertiary alicyclic amines) is 1. The van der Waals surface area contributed by atoms with Crippen LogP contribution >= 0.6 is 0 Å². The van der Waals surface area contributed by atoms with E-state index in [4.69, 9.17) is 9.15 Å². The average Bonchev–Trinajstić information content (AvgIpc) is 3.46. The van der Waals surface area contributed by atoms with Gasteiger partial charge in [0.05, 0.1) is 6.26 Å². The number of hydrogen-bond donors (Lipinski definition) is 1. The molecule has 2 aromatic carbocycles. The lowest BCUT2D eigenvalue weighted by Gasteiger charge is -2.23. The van der Waals surface area contributed by atoms with E-state index >= 15 is 0 Å². The first-order valence-electron chi connectivity index (χ1n) is 9.75. The summed E-state index contributed by atoms with van der Waals surface area (Å²) >= 11 is 0. The van der Waals surface area contributed by atoms with E-state index in [9.17, 15) is 14.0 Å². The normalized spacial score (nSPS) is 15.8. The fraction of sp³-hybridized carbons (Fsp3) is 0.217. The van der Waals surface area contributed by atoms with Crippen molar-refractivity contribution < 1.29 is 23.1 Å². The molecule has 2 amide bonds. The Bertz CT molecular complexity index is 1000. The second-order valence-electron chi connectivity index (χ2n) is 7.05. The van der Waals surface area contributed by atoms with E-state index in [0.717, 1.165) is 12.0 Å². The van der Waals surface area contributed by atoms with E-state index in [0.29, 0.717) is 31.0 Å². The van der Waals surface area contributed by atoms with Gasteiger partial charge in [0, 0.05) is 13.1 Å². The van der Waals surface area contributed by atoms with Gasteiger partial charge in [0.25, 0.3) is 5.91 Å². The molecule has 3 aromatic rings. The number of amides is 2. The Morgan fingerprint density at radius 3 is 2.43 bits per heavy atom. The summed E-state index contributed by atoms with van der Waals surface area (Å²) in [4.78, 5) is 26.7. The largest absolute Gasteiger partial charge is 0.459 e. The first-order chi connectivity index (χ1) is 14.6. The molecule has 7 heteroatoms. The van der Waals surface area contributed by atoms with Gasteiger partial charge in [0.15, 0.2) is 5.76 Å². The first-order valence-corrected chi connectivity index (χ1v) is 9.75. The number of rotatable bonds is 6. The van der Waals surface area contributed by atoms with Crippen LogP contribution in [0, 0.1) is 5.82 Å². The number of benzene rings is 2. The maximum atomic E-state index is 13.0. The van der Waals surface area contributed by atoms with Gasteiger partial charge < -0.3 is 19.4 Å². The van der Waals surface area contributed by atoms with Crippen LogP contribution in [-0.2, 0) is 11.3 Å². The number of halogens is 1. The molecule has 6 nitrogen and oxygen atoms in total. The minimum atomic E-state index is -0.497. The molecule has 0 saturated carbocycles. The van der Waals surface area contributed by atoms with E-state index in [-0.39, 0.29) is 23.4 Å². The highest BCUT2D eigenvalue weighted by molar-refractivity contribution is 5.95. The third-order valence-corrected chi connectivity index (χ3v) is 4.99. The molecule has 30 heavy (non-hydrogen) atoms. The lowest BCUT2D eigenvalue weighted by atomic mass is 10.1. The van der Waals surface area contributed by atoms with Crippen molar-refractivity contribution in [3.63, 3.8) is 0 Å². The Balaban J connectivity index is 1.32. The molecule has 1 atom stereocenters. The van der Waals surface area contributed by atoms with Gasteiger partial charge in [-0.05, 0) is 66.9 Å². The Morgan fingerprint density at radius 2 is 1.77 bits per heavy atom. The molecule has 0 spiro atoms. The summed E-state index contributed by atoms with van der Waals surface area (Å²) < 4.78 is 23.8. The van der Waals surface area contributed by atoms with E-state index in [2.05, 4.69) is 5.32 Å². The lowest BCUT2D eigenvalue weighted by molar-refractivity contribution is -0.125. The van der Waals surface area contributed by atoms with Crippen LogP contribution in [0.15, 0.2) is 71.3 Å². The molecule has 154 valence electrons. The second-order valence-corrected chi connectivity index (χ2v) is 7.05. The lowest BCUT2D eigenvalue weighted by Crippen LogP contribution is -2.45. The molecule has 4 rings (SSSR count). The molecule has 1 aromatic heterocycles. The van der Waals surface area contributed by atoms with E-state index in [1.165, 1.54) is 18.4 Å². The van der Waals surface area contributed by atoms with Gasteiger partial charge in [0.1, 0.15) is 23.4 Å². The Kier molecular flexibility index (Phi) is 5.79. The zero-order valence-corrected chi connectivity index (χ0v) is 16.2. The highest BCUT2D eigenvalue weighted by Gasteiger charge is 2.35. The van der Waals surface area contributed by atoms with Gasteiger partial charge in [-0.2, -0.15) is 0 Å². The SMILES string of the molecule is O=C(NCc1ccc(Oc2ccc(F)cc2)cc1)C1CCCN1C(=O)c1ccco1. The number of carbonyl (C=O) groups excluding carboxylic acids is 2. The van der Waals surface area contributed by atoms with Gasteiger partial charge >= 0.3 is 0 Å². The van der Waals surface area contributed by atoms with Gasteiger partial charge in [-0.15, -0.1) is 0 Å². The van der Waals surface area contributed by atoms with Crippen LogP contribution < -0.4 is 10.1 Å². The third-order valence-electron chi connectivity index (χ3n) is 4.99. The Morgan fingerprint density at radius 1 is 1.07 bits per heavy atom. The fourth-order valence-electron chi connectivity index (χ4n) is 3.45. The van der Waals surface area contributed by atoms with Crippen LogP contribution in [0.25, 0.3) is 0 Å². The minimum absolute atomic E-state index is 0.181. The number of nitrogens with one attached hydrogen (secondary N) is 1. The topological polar surface area (TPSA) is 71.8 Å². The summed E-state index contributed by atoms with van der Waals surface area (Å²) in [6.07, 6.45) is 2.85. The zero-order valence-electron chi connectivity index (χ0n) is 16.2. The molecular formula is C23H21FN2O4. The van der Waals surface area contributed by atoms with E-state index < -0.39 is 6.04 Å². The molecule has 1 aliphatic heterocycles. The molecule has 0 aliphatic carbocycles. The molecule has 1 unspecified atom stereocenters. The van der Waals surface area contributed by atoms with Crippen molar-refractivity contribution in [1.29, 1.82) is 0 Å². The minimum Gasteiger partial charge on any atom is -0.459 e. The number of hydrogen-bond acceptors (Lipinski definition) is 4. The maximum absolute atomic E-state index is 13.0. The predicted octanol–water partition coefficient (Wildman–Crippen LogP) is 4.13. The van der Waals surface area contributed by atoms with Crippen LogP contribution in [-0.4, -0.2) is 29.3 Å². The molecule has 1 saturated heterocycles. The van der Waals surface area contributed by atoms with Crippen molar-refractivity contribution in [1.82, 2.24) is 10.2 Å². The number of carbonyl (C=O) groups is 2. The molecule has 0 bridgehead atoms. The maximum Gasteiger partial charge on any atom is 0.290 e. The summed E-state index contributed by atoms with van der Waals surface area (Å²) in [5.74, 6) is 0.633. The number of furan rings is 1. The van der Waals surface area contributed by atoms with Crippen molar-refractivity contribution in [2.45, 2.75) is 25.4 Å². The molecule has 0 radical (unpaired) electrons. The molecule has 2 heterocycles.